The molecular formula is C72H45N6OPt-3. The second-order valence-electron chi connectivity index (χ2n) is 20.3. The molecule has 80 heavy (non-hydrogen) atoms. The topological polar surface area (TPSA) is 51.4 Å². The van der Waals surface area contributed by atoms with Gasteiger partial charge in [0.25, 0.3) is 0 Å². The molecule has 0 N–H and O–H groups in total. The zero-order valence-electron chi connectivity index (χ0n) is 43.2. The van der Waals surface area contributed by atoms with Crippen LogP contribution in [-0.2, 0) is 21.1 Å². The van der Waals surface area contributed by atoms with Crippen molar-refractivity contribution >= 4 is 66.4 Å². The van der Waals surface area contributed by atoms with Gasteiger partial charge in [-0.3, -0.25) is 4.98 Å². The van der Waals surface area contributed by atoms with Crippen LogP contribution in [0.4, 0.5) is 22.7 Å². The maximum atomic E-state index is 6.93. The van der Waals surface area contributed by atoms with Crippen LogP contribution < -0.4 is 14.5 Å². The van der Waals surface area contributed by atoms with Crippen molar-refractivity contribution in [3.63, 3.8) is 0 Å². The van der Waals surface area contributed by atoms with Crippen LogP contribution in [0.3, 0.4) is 0 Å². The van der Waals surface area contributed by atoms with E-state index in [9.17, 15) is 0 Å². The number of para-hydroxylation sites is 5. The summed E-state index contributed by atoms with van der Waals surface area (Å²) < 4.78 is 11.7. The molecule has 0 bridgehead atoms. The summed E-state index contributed by atoms with van der Waals surface area (Å²) in [6, 6.07) is 89.4. The predicted octanol–water partition coefficient (Wildman–Crippen LogP) is 18.4. The molecule has 8 heteroatoms. The van der Waals surface area contributed by atoms with Crippen molar-refractivity contribution in [2.75, 3.05) is 9.80 Å². The van der Waals surface area contributed by atoms with E-state index in [1.165, 1.54) is 38.5 Å². The minimum atomic E-state index is 0. The molecule has 7 nitrogen and oxygen atoms in total. The first-order valence-electron chi connectivity index (χ1n) is 26.6. The molecule has 0 fully saturated rings. The second kappa shape index (κ2) is 19.0. The number of aromatic nitrogens is 4. The number of nitrogens with zero attached hydrogens (tertiary/aromatic N) is 6. The zero-order chi connectivity index (χ0) is 52.1. The second-order valence-corrected chi connectivity index (χ2v) is 20.3. The van der Waals surface area contributed by atoms with Crippen LogP contribution in [0.15, 0.2) is 249 Å². The first-order chi connectivity index (χ1) is 39.1. The SMILES string of the molecule is Cc1cc(-n2c3[c-]c(Oc4[c-]c(N5[CH-]N(c6c(-c7ccccc7)cccc6-c6ccccc6)c6ccccc65)ccc4)ccc3c3c4c(ccc32)-n2c3ccccc3c3cccc(c32)-c2ccccc2-4)ncc1-c1cccnc1.[Pt]. The van der Waals surface area contributed by atoms with Crippen LogP contribution in [0, 0.1) is 25.7 Å². The van der Waals surface area contributed by atoms with Gasteiger partial charge in [0.1, 0.15) is 5.82 Å². The largest absolute Gasteiger partial charge is 0.509 e. The quantitative estimate of drug-likeness (QED) is 0.142. The van der Waals surface area contributed by atoms with Gasteiger partial charge in [-0.2, -0.15) is 12.1 Å². The van der Waals surface area contributed by atoms with Gasteiger partial charge in [-0.05, 0) is 82.6 Å². The van der Waals surface area contributed by atoms with Gasteiger partial charge in [-0.25, -0.2) is 4.98 Å². The minimum absolute atomic E-state index is 0. The van der Waals surface area contributed by atoms with Crippen LogP contribution >= 0.6 is 0 Å². The summed E-state index contributed by atoms with van der Waals surface area (Å²) in [4.78, 5) is 14.2. The summed E-state index contributed by atoms with van der Waals surface area (Å²) in [6.45, 7) is 4.32. The van der Waals surface area contributed by atoms with E-state index in [1.807, 2.05) is 36.7 Å². The first-order valence-corrected chi connectivity index (χ1v) is 26.6. The van der Waals surface area contributed by atoms with Gasteiger partial charge in [-0.15, -0.1) is 48.1 Å². The van der Waals surface area contributed by atoms with Crippen LogP contribution in [-0.4, -0.2) is 19.1 Å². The summed E-state index contributed by atoms with van der Waals surface area (Å²) in [5, 5.41) is 4.61. The first kappa shape index (κ1) is 47.4. The van der Waals surface area contributed by atoms with E-state index in [0.29, 0.717) is 11.5 Å². The Kier molecular flexibility index (Phi) is 11.2. The van der Waals surface area contributed by atoms with E-state index in [4.69, 9.17) is 9.72 Å². The zero-order valence-corrected chi connectivity index (χ0v) is 45.4. The number of ether oxygens (including phenoxy) is 1. The van der Waals surface area contributed by atoms with Crippen LogP contribution in [0.1, 0.15) is 5.56 Å². The number of hydrogen-bond donors (Lipinski definition) is 0. The van der Waals surface area contributed by atoms with Crippen molar-refractivity contribution in [1.29, 1.82) is 0 Å². The van der Waals surface area contributed by atoms with Gasteiger partial charge < -0.3 is 23.7 Å². The molecule has 16 rings (SSSR count). The molecule has 0 amide bonds. The Morgan fingerprint density at radius 1 is 0.450 bits per heavy atom. The number of aryl methyl sites for hydroxylation is 1. The summed E-state index contributed by atoms with van der Waals surface area (Å²) in [5.41, 5.74) is 21.8. The summed E-state index contributed by atoms with van der Waals surface area (Å²) >= 11 is 0. The van der Waals surface area contributed by atoms with Crippen molar-refractivity contribution in [3.05, 3.63) is 273 Å². The fraction of sp³-hybridized carbons (Fsp3) is 0.0139. The molecule has 0 saturated heterocycles. The smallest absolute Gasteiger partial charge is 0.135 e. The molecule has 0 spiro atoms. The van der Waals surface area contributed by atoms with Crippen molar-refractivity contribution in [3.8, 4) is 78.6 Å². The molecule has 0 atom stereocenters. The van der Waals surface area contributed by atoms with Crippen molar-refractivity contribution < 1.29 is 25.8 Å². The summed E-state index contributed by atoms with van der Waals surface area (Å²) in [7, 11) is 0. The number of anilines is 4. The number of pyridine rings is 2. The van der Waals surface area contributed by atoms with Gasteiger partial charge in [0.2, 0.25) is 0 Å². The van der Waals surface area contributed by atoms with Crippen LogP contribution in [0.5, 0.6) is 11.5 Å². The monoisotopic (exact) mass is 1200 g/mol. The normalized spacial score (nSPS) is 12.4. The average molecular weight is 1210 g/mol. The van der Waals surface area contributed by atoms with Gasteiger partial charge in [0, 0.05) is 118 Å². The fourth-order valence-electron chi connectivity index (χ4n) is 12.4. The van der Waals surface area contributed by atoms with Gasteiger partial charge in [0.15, 0.2) is 0 Å². The molecule has 2 aliphatic rings. The number of rotatable bonds is 8. The molecule has 10 aromatic carbocycles. The molecule has 2 aliphatic heterocycles. The molecule has 0 saturated carbocycles. The van der Waals surface area contributed by atoms with E-state index in [1.54, 1.807) is 6.20 Å². The van der Waals surface area contributed by atoms with Crippen molar-refractivity contribution in [1.82, 2.24) is 19.1 Å². The molecule has 6 heterocycles. The van der Waals surface area contributed by atoms with Gasteiger partial charge in [0.05, 0.1) is 16.7 Å². The minimum Gasteiger partial charge on any atom is -0.509 e. The Morgan fingerprint density at radius 3 is 1.88 bits per heavy atom. The Hall–Kier alpha value is -9.81. The molecular weight excluding hydrogens is 1160 g/mol. The summed E-state index contributed by atoms with van der Waals surface area (Å²) in [6.07, 6.45) is 5.66. The van der Waals surface area contributed by atoms with E-state index >= 15 is 0 Å². The summed E-state index contributed by atoms with van der Waals surface area (Å²) in [5.74, 6) is 1.90. The van der Waals surface area contributed by atoms with E-state index < -0.39 is 0 Å². The van der Waals surface area contributed by atoms with E-state index in [0.717, 1.165) is 101 Å². The molecule has 0 aliphatic carbocycles. The molecule has 4 aromatic heterocycles. The third-order valence-corrected chi connectivity index (χ3v) is 15.8. The number of fused-ring (bicyclic) bond motifs is 13. The van der Waals surface area contributed by atoms with E-state index in [-0.39, 0.29) is 21.1 Å². The van der Waals surface area contributed by atoms with Gasteiger partial charge in [-0.1, -0.05) is 163 Å². The van der Waals surface area contributed by atoms with Crippen molar-refractivity contribution in [2.45, 2.75) is 6.92 Å². The van der Waals surface area contributed by atoms with Crippen molar-refractivity contribution in [2.24, 2.45) is 0 Å². The predicted molar refractivity (Wildman–Crippen MR) is 322 cm³/mol. The maximum absolute atomic E-state index is 6.93. The third-order valence-electron chi connectivity index (χ3n) is 15.8. The Morgan fingerprint density at radius 2 is 1.10 bits per heavy atom. The Labute approximate surface area is 477 Å². The van der Waals surface area contributed by atoms with E-state index in [2.05, 4.69) is 256 Å². The van der Waals surface area contributed by atoms with Crippen LogP contribution in [0.25, 0.3) is 111 Å². The molecule has 382 valence electrons. The number of benzene rings is 10. The third kappa shape index (κ3) is 7.38. The standard InChI is InChI=1S/C72H45N6O.Pt/c1-46-40-68(74-44-61(46)49-22-17-39-73-43-49)77-65-37-38-66-69(57-27-9-8-25-55(57)58-30-16-31-59-56-26-10-11-32-62(56)78(66)72(58)59)70(65)60-36-35-52(42-67(60)77)79-51-24-14-23-50(41-51)75-45-76(64-34-13-12-33-63(64)75)71-53(47-18-4-2-5-19-47)28-15-29-54(71)48-20-6-3-7-21-48;/h2-40,43-45H,1H3;/q-3;. The average Bonchev–Trinajstić information content (AvgIpc) is 4.25. The molecule has 0 radical (unpaired) electrons. The van der Waals surface area contributed by atoms with Gasteiger partial charge >= 0.3 is 0 Å². The maximum Gasteiger partial charge on any atom is 0.135 e. The van der Waals surface area contributed by atoms with Crippen LogP contribution in [0.2, 0.25) is 0 Å². The Bertz CT molecular complexity index is 4700. The molecule has 0 unspecified atom stereocenters. The fourth-order valence-corrected chi connectivity index (χ4v) is 12.4. The molecule has 14 aromatic rings. The number of hydrogen-bond acceptors (Lipinski definition) is 5. The Balaban J connectivity index is 0.00000552.